The number of aryl methyl sites for hydroxylation is 1. The number of nitrogens with zero attached hydrogens (tertiary/aromatic N) is 3. The Kier molecular flexibility index (Phi) is 3.75. The third-order valence-corrected chi connectivity index (χ3v) is 2.89. The van der Waals surface area contributed by atoms with Crippen LogP contribution in [0.4, 0.5) is 5.69 Å². The smallest absolute Gasteiger partial charge is 0.339 e. The van der Waals surface area contributed by atoms with Gasteiger partial charge in [-0.3, -0.25) is 0 Å². The Balaban J connectivity index is 2.21. The molecule has 0 atom stereocenters. The summed E-state index contributed by atoms with van der Waals surface area (Å²) >= 11 is 0. The molecule has 2 aromatic rings. The van der Waals surface area contributed by atoms with Gasteiger partial charge < -0.3 is 10.0 Å². The van der Waals surface area contributed by atoms with E-state index in [1.54, 1.807) is 0 Å². The minimum absolute atomic E-state index is 0.140. The summed E-state index contributed by atoms with van der Waals surface area (Å²) in [6, 6.07) is 8.03. The quantitative estimate of drug-likeness (QED) is 0.908. The standard InChI is InChI=1S/C14H15N3O2/c1-10-3-5-11(6-4-10)17(2)8-13-12(14(18)19)7-15-9-16-13/h3-7,9H,8H2,1-2H3,(H,18,19). The van der Waals surface area contributed by atoms with E-state index in [0.717, 1.165) is 5.69 Å². The lowest BCUT2D eigenvalue weighted by Gasteiger charge is -2.19. The van der Waals surface area contributed by atoms with Crippen molar-refractivity contribution in [1.82, 2.24) is 9.97 Å². The van der Waals surface area contributed by atoms with Gasteiger partial charge >= 0.3 is 5.97 Å². The molecule has 98 valence electrons. The molecule has 0 fully saturated rings. The molecule has 0 aliphatic carbocycles. The maximum absolute atomic E-state index is 11.1. The van der Waals surface area contributed by atoms with E-state index in [9.17, 15) is 4.79 Å². The molecular formula is C14H15N3O2. The second-order valence-electron chi connectivity index (χ2n) is 4.38. The first-order valence-electron chi connectivity index (χ1n) is 5.88. The van der Waals surface area contributed by atoms with Crippen molar-refractivity contribution >= 4 is 11.7 Å². The molecule has 0 saturated carbocycles. The van der Waals surface area contributed by atoms with Crippen LogP contribution >= 0.6 is 0 Å². The first-order valence-corrected chi connectivity index (χ1v) is 5.88. The van der Waals surface area contributed by atoms with Gasteiger partial charge in [-0.2, -0.15) is 0 Å². The normalized spacial score (nSPS) is 10.2. The molecule has 0 aliphatic heterocycles. The lowest BCUT2D eigenvalue weighted by Crippen LogP contribution is -2.19. The van der Waals surface area contributed by atoms with Crippen LogP contribution in [0.3, 0.4) is 0 Å². The molecule has 19 heavy (non-hydrogen) atoms. The van der Waals surface area contributed by atoms with Crippen LogP contribution in [-0.2, 0) is 6.54 Å². The molecule has 0 spiro atoms. The highest BCUT2D eigenvalue weighted by Crippen LogP contribution is 2.16. The first kappa shape index (κ1) is 13.0. The van der Waals surface area contributed by atoms with Crippen LogP contribution in [0.2, 0.25) is 0 Å². The molecule has 5 heteroatoms. The number of rotatable bonds is 4. The fraction of sp³-hybridized carbons (Fsp3) is 0.214. The summed E-state index contributed by atoms with van der Waals surface area (Å²) in [4.78, 5) is 20.8. The fourth-order valence-electron chi connectivity index (χ4n) is 1.77. The van der Waals surface area contributed by atoms with Crippen molar-refractivity contribution in [2.24, 2.45) is 0 Å². The average molecular weight is 257 g/mol. The molecule has 0 saturated heterocycles. The van der Waals surface area contributed by atoms with Crippen molar-refractivity contribution in [3.8, 4) is 0 Å². The van der Waals surface area contributed by atoms with Gasteiger partial charge in [0.15, 0.2) is 0 Å². The van der Waals surface area contributed by atoms with Crippen LogP contribution in [0.15, 0.2) is 36.8 Å². The zero-order chi connectivity index (χ0) is 13.8. The summed E-state index contributed by atoms with van der Waals surface area (Å²) in [7, 11) is 1.90. The Morgan fingerprint density at radius 3 is 2.63 bits per heavy atom. The van der Waals surface area contributed by atoms with Crippen LogP contribution in [-0.4, -0.2) is 28.1 Å². The van der Waals surface area contributed by atoms with Gasteiger partial charge in [-0.15, -0.1) is 0 Å². The van der Waals surface area contributed by atoms with Crippen molar-refractivity contribution in [3.63, 3.8) is 0 Å². The van der Waals surface area contributed by atoms with Crippen LogP contribution in [0.25, 0.3) is 0 Å². The topological polar surface area (TPSA) is 66.3 Å². The Labute approximate surface area is 111 Å². The highest BCUT2D eigenvalue weighted by atomic mass is 16.4. The number of carbonyl (C=O) groups is 1. The van der Waals surface area contributed by atoms with Crippen molar-refractivity contribution in [3.05, 3.63) is 53.6 Å². The van der Waals surface area contributed by atoms with E-state index in [2.05, 4.69) is 9.97 Å². The van der Waals surface area contributed by atoms with E-state index in [-0.39, 0.29) is 5.56 Å². The summed E-state index contributed by atoms with van der Waals surface area (Å²) in [6.07, 6.45) is 2.69. The average Bonchev–Trinajstić information content (AvgIpc) is 2.39. The number of hydrogen-bond donors (Lipinski definition) is 1. The second-order valence-corrected chi connectivity index (χ2v) is 4.38. The molecule has 0 unspecified atom stereocenters. The van der Waals surface area contributed by atoms with Crippen LogP contribution in [0, 0.1) is 6.92 Å². The molecular weight excluding hydrogens is 242 g/mol. The number of carboxylic acids is 1. The highest BCUT2D eigenvalue weighted by molar-refractivity contribution is 5.88. The van der Waals surface area contributed by atoms with Gasteiger partial charge in [0.1, 0.15) is 11.9 Å². The zero-order valence-electron chi connectivity index (χ0n) is 10.9. The molecule has 2 rings (SSSR count). The van der Waals surface area contributed by atoms with Crippen LogP contribution in [0.5, 0.6) is 0 Å². The van der Waals surface area contributed by atoms with E-state index in [1.165, 1.54) is 18.1 Å². The SMILES string of the molecule is Cc1ccc(N(C)Cc2ncncc2C(=O)O)cc1. The predicted molar refractivity (Wildman–Crippen MR) is 72.3 cm³/mol. The fourth-order valence-corrected chi connectivity index (χ4v) is 1.77. The number of hydrogen-bond acceptors (Lipinski definition) is 4. The van der Waals surface area contributed by atoms with Crippen molar-refractivity contribution in [1.29, 1.82) is 0 Å². The molecule has 5 nitrogen and oxygen atoms in total. The molecule has 0 radical (unpaired) electrons. The molecule has 1 aromatic heterocycles. The van der Waals surface area contributed by atoms with E-state index >= 15 is 0 Å². The molecule has 0 aliphatic rings. The van der Waals surface area contributed by atoms with Gasteiger partial charge in [0.2, 0.25) is 0 Å². The summed E-state index contributed by atoms with van der Waals surface area (Å²) in [5, 5.41) is 9.09. The lowest BCUT2D eigenvalue weighted by atomic mass is 10.2. The first-order chi connectivity index (χ1) is 9.08. The van der Waals surface area contributed by atoms with Crippen LogP contribution in [0.1, 0.15) is 21.6 Å². The lowest BCUT2D eigenvalue weighted by molar-refractivity contribution is 0.0694. The van der Waals surface area contributed by atoms with Gasteiger partial charge in [0.05, 0.1) is 12.2 Å². The Hall–Kier alpha value is -2.43. The van der Waals surface area contributed by atoms with Crippen molar-refractivity contribution < 1.29 is 9.90 Å². The minimum atomic E-state index is -1.01. The number of benzene rings is 1. The van der Waals surface area contributed by atoms with Gasteiger partial charge in [0, 0.05) is 18.9 Å². The zero-order valence-corrected chi connectivity index (χ0v) is 10.9. The minimum Gasteiger partial charge on any atom is -0.478 e. The number of aromatic nitrogens is 2. The van der Waals surface area contributed by atoms with Gasteiger partial charge in [0.25, 0.3) is 0 Å². The van der Waals surface area contributed by atoms with Crippen molar-refractivity contribution in [2.45, 2.75) is 13.5 Å². The molecule has 1 heterocycles. The van der Waals surface area contributed by atoms with E-state index < -0.39 is 5.97 Å². The van der Waals surface area contributed by atoms with Gasteiger partial charge in [-0.05, 0) is 19.1 Å². The van der Waals surface area contributed by atoms with Crippen LogP contribution < -0.4 is 4.90 Å². The second kappa shape index (κ2) is 5.48. The summed E-state index contributed by atoms with van der Waals surface area (Å²) < 4.78 is 0. The summed E-state index contributed by atoms with van der Waals surface area (Å²) in [5.74, 6) is -1.01. The number of aromatic carboxylic acids is 1. The molecule has 0 amide bonds. The van der Waals surface area contributed by atoms with E-state index in [0.29, 0.717) is 12.2 Å². The Bertz CT molecular complexity index is 581. The maximum atomic E-state index is 11.1. The molecule has 1 aromatic carbocycles. The summed E-state index contributed by atoms with van der Waals surface area (Å²) in [5.41, 5.74) is 2.85. The number of carboxylic acid groups (broad SMARTS) is 1. The largest absolute Gasteiger partial charge is 0.478 e. The van der Waals surface area contributed by atoms with Gasteiger partial charge in [-0.25, -0.2) is 14.8 Å². The molecule has 0 bridgehead atoms. The summed E-state index contributed by atoms with van der Waals surface area (Å²) in [6.45, 7) is 2.45. The molecule has 1 N–H and O–H groups in total. The highest BCUT2D eigenvalue weighted by Gasteiger charge is 2.13. The Morgan fingerprint density at radius 1 is 1.32 bits per heavy atom. The third-order valence-electron chi connectivity index (χ3n) is 2.89. The predicted octanol–water partition coefficient (Wildman–Crippen LogP) is 2.12. The van der Waals surface area contributed by atoms with E-state index in [1.807, 2.05) is 43.1 Å². The Morgan fingerprint density at radius 2 is 2.00 bits per heavy atom. The number of anilines is 1. The van der Waals surface area contributed by atoms with Gasteiger partial charge in [-0.1, -0.05) is 17.7 Å². The van der Waals surface area contributed by atoms with Crippen molar-refractivity contribution in [2.75, 3.05) is 11.9 Å². The third kappa shape index (κ3) is 3.07. The maximum Gasteiger partial charge on any atom is 0.339 e. The van der Waals surface area contributed by atoms with E-state index in [4.69, 9.17) is 5.11 Å². The monoisotopic (exact) mass is 257 g/mol.